The fraction of sp³-hybridized carbons (Fsp3) is 0.200. The van der Waals surface area contributed by atoms with E-state index in [1.54, 1.807) is 36.8 Å². The molecule has 4 rings (SSSR count). The standard InChI is InChI=1S/C20H18N2O6S/c1-29(24,25)15-8-6-14(7-9-15)28-13-20(23)22-17(19-5-3-11-27-19)12-16(21-22)18-4-2-10-26-18/h2-11,17H,12-13H2,1H3. The molecule has 0 spiro atoms. The topological polar surface area (TPSA) is 102 Å². The highest BCUT2D eigenvalue weighted by molar-refractivity contribution is 7.90. The zero-order valence-electron chi connectivity index (χ0n) is 15.5. The Balaban J connectivity index is 1.49. The van der Waals surface area contributed by atoms with Crippen molar-refractivity contribution in [1.82, 2.24) is 5.01 Å². The molecule has 150 valence electrons. The summed E-state index contributed by atoms with van der Waals surface area (Å²) in [6, 6.07) is 12.6. The first-order valence-electron chi connectivity index (χ1n) is 8.81. The number of amides is 1. The minimum Gasteiger partial charge on any atom is -0.484 e. The van der Waals surface area contributed by atoms with Gasteiger partial charge in [0.15, 0.2) is 16.4 Å². The number of furan rings is 2. The minimum absolute atomic E-state index is 0.182. The van der Waals surface area contributed by atoms with Crippen molar-refractivity contribution in [3.05, 3.63) is 72.6 Å². The number of hydrogen-bond donors (Lipinski definition) is 0. The van der Waals surface area contributed by atoms with Crippen LogP contribution in [0.25, 0.3) is 0 Å². The molecule has 0 saturated carbocycles. The monoisotopic (exact) mass is 414 g/mol. The van der Waals surface area contributed by atoms with Crippen molar-refractivity contribution >= 4 is 21.5 Å². The molecule has 0 fully saturated rings. The molecular weight excluding hydrogens is 396 g/mol. The van der Waals surface area contributed by atoms with Gasteiger partial charge in [-0.1, -0.05) is 0 Å². The van der Waals surface area contributed by atoms with Crippen molar-refractivity contribution in [1.29, 1.82) is 0 Å². The van der Waals surface area contributed by atoms with Gasteiger partial charge >= 0.3 is 0 Å². The van der Waals surface area contributed by atoms with Gasteiger partial charge in [0.05, 0.1) is 17.4 Å². The van der Waals surface area contributed by atoms with E-state index in [1.807, 2.05) is 0 Å². The number of rotatable bonds is 6. The number of sulfone groups is 1. The van der Waals surface area contributed by atoms with Gasteiger partial charge in [-0.15, -0.1) is 0 Å². The van der Waals surface area contributed by atoms with Crippen LogP contribution in [0.15, 0.2) is 79.9 Å². The molecule has 1 amide bonds. The molecule has 1 unspecified atom stereocenters. The molecule has 0 radical (unpaired) electrons. The van der Waals surface area contributed by atoms with Crippen LogP contribution in [0, 0.1) is 0 Å². The molecule has 1 atom stereocenters. The lowest BCUT2D eigenvalue weighted by molar-refractivity contribution is -0.135. The lowest BCUT2D eigenvalue weighted by Crippen LogP contribution is -2.31. The Hall–Kier alpha value is -3.33. The lowest BCUT2D eigenvalue weighted by Gasteiger charge is -2.20. The second kappa shape index (κ2) is 7.59. The number of carbonyl (C=O) groups excluding carboxylic acids is 1. The number of benzene rings is 1. The van der Waals surface area contributed by atoms with Gasteiger partial charge < -0.3 is 13.6 Å². The SMILES string of the molecule is CS(=O)(=O)c1ccc(OCC(=O)N2N=C(c3ccco3)CC2c2ccco2)cc1. The molecule has 9 heteroatoms. The first kappa shape index (κ1) is 19.0. The highest BCUT2D eigenvalue weighted by atomic mass is 32.2. The maximum atomic E-state index is 12.8. The summed E-state index contributed by atoms with van der Waals surface area (Å²) in [7, 11) is -3.29. The maximum Gasteiger partial charge on any atom is 0.281 e. The summed E-state index contributed by atoms with van der Waals surface area (Å²) in [5, 5.41) is 5.75. The molecule has 1 aromatic carbocycles. The van der Waals surface area contributed by atoms with Crippen molar-refractivity contribution < 1.29 is 26.8 Å². The van der Waals surface area contributed by atoms with Crippen LogP contribution in [0.1, 0.15) is 24.0 Å². The van der Waals surface area contributed by atoms with Gasteiger partial charge in [0, 0.05) is 12.7 Å². The molecule has 1 aliphatic heterocycles. The highest BCUT2D eigenvalue weighted by Crippen LogP contribution is 2.33. The van der Waals surface area contributed by atoms with Gasteiger partial charge in [-0.3, -0.25) is 4.79 Å². The quantitative estimate of drug-likeness (QED) is 0.614. The van der Waals surface area contributed by atoms with Gasteiger partial charge in [-0.2, -0.15) is 5.10 Å². The molecule has 0 bridgehead atoms. The fourth-order valence-electron chi connectivity index (χ4n) is 3.03. The summed E-state index contributed by atoms with van der Waals surface area (Å²) in [5.74, 6) is 1.23. The first-order chi connectivity index (χ1) is 13.9. The van der Waals surface area contributed by atoms with E-state index in [2.05, 4.69) is 5.10 Å². The Kier molecular flexibility index (Phi) is 4.98. The Labute approximate surface area is 167 Å². The molecular formula is C20H18N2O6S. The van der Waals surface area contributed by atoms with Crippen molar-refractivity contribution in [3.63, 3.8) is 0 Å². The molecule has 0 aliphatic carbocycles. The van der Waals surface area contributed by atoms with Crippen LogP contribution in [0.2, 0.25) is 0 Å². The molecule has 29 heavy (non-hydrogen) atoms. The zero-order valence-corrected chi connectivity index (χ0v) is 16.3. The molecule has 0 saturated heterocycles. The predicted octanol–water partition coefficient (Wildman–Crippen LogP) is 3.03. The third-order valence-electron chi connectivity index (χ3n) is 4.46. The van der Waals surface area contributed by atoms with Crippen molar-refractivity contribution in [2.24, 2.45) is 5.10 Å². The number of hydrazone groups is 1. The van der Waals surface area contributed by atoms with Gasteiger partial charge in [-0.25, -0.2) is 13.4 Å². The lowest BCUT2D eigenvalue weighted by atomic mass is 10.1. The summed E-state index contributed by atoms with van der Waals surface area (Å²) >= 11 is 0. The number of nitrogens with zero attached hydrogens (tertiary/aromatic N) is 2. The van der Waals surface area contributed by atoms with Crippen LogP contribution in [0.5, 0.6) is 5.75 Å². The van der Waals surface area contributed by atoms with E-state index in [0.717, 1.165) is 6.26 Å². The van der Waals surface area contributed by atoms with Crippen LogP contribution in [0.3, 0.4) is 0 Å². The van der Waals surface area contributed by atoms with Crippen molar-refractivity contribution in [2.45, 2.75) is 17.4 Å². The van der Waals surface area contributed by atoms with E-state index in [9.17, 15) is 13.2 Å². The second-order valence-corrected chi connectivity index (χ2v) is 8.55. The molecule has 8 nitrogen and oxygen atoms in total. The smallest absolute Gasteiger partial charge is 0.281 e. The first-order valence-corrected chi connectivity index (χ1v) is 10.7. The average molecular weight is 414 g/mol. The van der Waals surface area contributed by atoms with Gasteiger partial charge in [0.2, 0.25) is 0 Å². The number of carbonyl (C=O) groups is 1. The Morgan fingerprint density at radius 3 is 2.48 bits per heavy atom. The third-order valence-corrected chi connectivity index (χ3v) is 5.59. The van der Waals surface area contributed by atoms with E-state index in [4.69, 9.17) is 13.6 Å². The van der Waals surface area contributed by atoms with Gasteiger partial charge in [-0.05, 0) is 48.5 Å². The molecule has 2 aromatic heterocycles. The summed E-state index contributed by atoms with van der Waals surface area (Å²) in [5.41, 5.74) is 0.641. The highest BCUT2D eigenvalue weighted by Gasteiger charge is 2.35. The third kappa shape index (κ3) is 4.09. The van der Waals surface area contributed by atoms with E-state index >= 15 is 0 Å². The molecule has 3 heterocycles. The van der Waals surface area contributed by atoms with Crippen molar-refractivity contribution in [3.8, 4) is 5.75 Å². The van der Waals surface area contributed by atoms with Crippen LogP contribution in [-0.2, 0) is 14.6 Å². The van der Waals surface area contributed by atoms with E-state index < -0.39 is 15.9 Å². The van der Waals surface area contributed by atoms with E-state index in [1.165, 1.54) is 29.3 Å². The summed E-state index contributed by atoms with van der Waals surface area (Å²) in [6.45, 7) is -0.260. The van der Waals surface area contributed by atoms with Gasteiger partial charge in [0.25, 0.3) is 5.91 Å². The zero-order chi connectivity index (χ0) is 20.4. The number of hydrogen-bond acceptors (Lipinski definition) is 7. The molecule has 0 N–H and O–H groups in total. The fourth-order valence-corrected chi connectivity index (χ4v) is 3.66. The number of ether oxygens (including phenoxy) is 1. The summed E-state index contributed by atoms with van der Waals surface area (Å²) < 4.78 is 39.5. The predicted molar refractivity (Wildman–Crippen MR) is 103 cm³/mol. The maximum absolute atomic E-state index is 12.8. The molecule has 3 aromatic rings. The largest absolute Gasteiger partial charge is 0.484 e. The average Bonchev–Trinajstić information content (AvgIpc) is 3.46. The summed E-state index contributed by atoms with van der Waals surface area (Å²) in [6.07, 6.45) is 4.68. The van der Waals surface area contributed by atoms with Crippen molar-refractivity contribution in [2.75, 3.05) is 12.9 Å². The van der Waals surface area contributed by atoms with E-state index in [0.29, 0.717) is 29.4 Å². The van der Waals surface area contributed by atoms with Crippen LogP contribution < -0.4 is 4.74 Å². The molecule has 1 aliphatic rings. The summed E-state index contributed by atoms with van der Waals surface area (Å²) in [4.78, 5) is 13.0. The second-order valence-electron chi connectivity index (χ2n) is 6.53. The van der Waals surface area contributed by atoms with Crippen LogP contribution >= 0.6 is 0 Å². The van der Waals surface area contributed by atoms with Gasteiger partial charge in [0.1, 0.15) is 29.0 Å². The van der Waals surface area contributed by atoms with Crippen LogP contribution in [0.4, 0.5) is 0 Å². The Morgan fingerprint density at radius 2 is 1.86 bits per heavy atom. The Morgan fingerprint density at radius 1 is 1.14 bits per heavy atom. The van der Waals surface area contributed by atoms with Crippen LogP contribution in [-0.4, -0.2) is 37.9 Å². The van der Waals surface area contributed by atoms with E-state index in [-0.39, 0.29) is 17.4 Å². The minimum atomic E-state index is -3.29. The Bertz CT molecular complexity index is 1120. The normalized spacial score (nSPS) is 16.7.